The molecule has 0 saturated heterocycles. The number of aliphatic hydroxyl groups excluding tert-OH is 1. The monoisotopic (exact) mass is 201 g/mol. The molecule has 13 heavy (non-hydrogen) atoms. The Bertz CT molecular complexity index is 213. The van der Waals surface area contributed by atoms with E-state index in [0.29, 0.717) is 6.42 Å². The maximum atomic E-state index is 9.56. The first-order chi connectivity index (χ1) is 6.33. The Labute approximate surface area is 82.4 Å². The summed E-state index contributed by atoms with van der Waals surface area (Å²) in [5.41, 5.74) is 0. The standard InChI is InChI=1S/C9H15NO2S/c1-12-5-2-3-8(11)7-9-10-4-6-13-9/h4,6,8,11H,2-3,5,7H2,1H3. The molecule has 1 N–H and O–H groups in total. The van der Waals surface area contributed by atoms with Crippen LogP contribution in [0.1, 0.15) is 17.8 Å². The lowest BCUT2D eigenvalue weighted by Gasteiger charge is -2.07. The summed E-state index contributed by atoms with van der Waals surface area (Å²) in [6, 6.07) is 0. The second-order valence-corrected chi connectivity index (χ2v) is 3.90. The van der Waals surface area contributed by atoms with Crippen LogP contribution < -0.4 is 0 Å². The Morgan fingerprint density at radius 2 is 2.54 bits per heavy atom. The summed E-state index contributed by atoms with van der Waals surface area (Å²) in [4.78, 5) is 4.11. The Kier molecular flexibility index (Phi) is 4.97. The first-order valence-electron chi connectivity index (χ1n) is 4.38. The first-order valence-corrected chi connectivity index (χ1v) is 5.26. The smallest absolute Gasteiger partial charge is 0.0950 e. The van der Waals surface area contributed by atoms with Crippen molar-refractivity contribution in [2.75, 3.05) is 13.7 Å². The van der Waals surface area contributed by atoms with Crippen molar-refractivity contribution >= 4 is 11.3 Å². The third-order valence-corrected chi connectivity index (χ3v) is 2.58. The summed E-state index contributed by atoms with van der Waals surface area (Å²) in [6.07, 6.45) is 3.85. The average Bonchev–Trinajstić information content (AvgIpc) is 2.57. The van der Waals surface area contributed by atoms with E-state index < -0.39 is 0 Å². The molecule has 74 valence electrons. The van der Waals surface area contributed by atoms with Crippen LogP contribution in [0.5, 0.6) is 0 Å². The molecule has 1 aromatic heterocycles. The van der Waals surface area contributed by atoms with Crippen LogP contribution in [-0.4, -0.2) is 29.9 Å². The van der Waals surface area contributed by atoms with Crippen molar-refractivity contribution in [2.45, 2.75) is 25.4 Å². The van der Waals surface area contributed by atoms with Crippen LogP contribution in [0.4, 0.5) is 0 Å². The Morgan fingerprint density at radius 1 is 1.69 bits per heavy atom. The van der Waals surface area contributed by atoms with E-state index in [1.54, 1.807) is 24.6 Å². The van der Waals surface area contributed by atoms with Gasteiger partial charge in [-0.1, -0.05) is 0 Å². The number of aliphatic hydroxyl groups is 1. The van der Waals surface area contributed by atoms with Crippen LogP contribution in [0.3, 0.4) is 0 Å². The number of thiazole rings is 1. The summed E-state index contributed by atoms with van der Waals surface area (Å²) in [5, 5.41) is 12.5. The normalized spacial score (nSPS) is 13.1. The maximum Gasteiger partial charge on any atom is 0.0950 e. The second-order valence-electron chi connectivity index (χ2n) is 2.92. The maximum absolute atomic E-state index is 9.56. The highest BCUT2D eigenvalue weighted by Crippen LogP contribution is 2.09. The van der Waals surface area contributed by atoms with Gasteiger partial charge in [0.25, 0.3) is 0 Å². The average molecular weight is 201 g/mol. The molecule has 0 radical (unpaired) electrons. The van der Waals surface area contributed by atoms with E-state index in [1.807, 2.05) is 5.38 Å². The molecule has 0 fully saturated rings. The molecule has 0 aromatic carbocycles. The molecule has 0 aliphatic heterocycles. The lowest BCUT2D eigenvalue weighted by molar-refractivity contribution is 0.135. The number of rotatable bonds is 6. The third-order valence-electron chi connectivity index (χ3n) is 1.78. The van der Waals surface area contributed by atoms with E-state index in [0.717, 1.165) is 24.5 Å². The van der Waals surface area contributed by atoms with E-state index in [9.17, 15) is 5.11 Å². The zero-order valence-corrected chi connectivity index (χ0v) is 8.59. The van der Waals surface area contributed by atoms with Crippen LogP contribution in [0.15, 0.2) is 11.6 Å². The number of ether oxygens (including phenoxy) is 1. The van der Waals surface area contributed by atoms with E-state index >= 15 is 0 Å². The lowest BCUT2D eigenvalue weighted by Crippen LogP contribution is -2.11. The molecule has 1 heterocycles. The van der Waals surface area contributed by atoms with E-state index in [2.05, 4.69) is 4.98 Å². The summed E-state index contributed by atoms with van der Waals surface area (Å²) < 4.78 is 4.90. The highest BCUT2D eigenvalue weighted by molar-refractivity contribution is 7.09. The molecule has 1 rings (SSSR count). The molecule has 0 saturated carbocycles. The summed E-state index contributed by atoms with van der Waals surface area (Å²) in [7, 11) is 1.67. The molecule has 4 heteroatoms. The van der Waals surface area contributed by atoms with Crippen LogP contribution in [0, 0.1) is 0 Å². The fourth-order valence-electron chi connectivity index (χ4n) is 1.12. The van der Waals surface area contributed by atoms with E-state index in [1.165, 1.54) is 0 Å². The molecule has 1 atom stereocenters. The molecule has 3 nitrogen and oxygen atoms in total. The van der Waals surface area contributed by atoms with Crippen molar-refractivity contribution in [3.05, 3.63) is 16.6 Å². The molecule has 0 amide bonds. The Balaban J connectivity index is 2.14. The molecule has 0 bridgehead atoms. The topological polar surface area (TPSA) is 42.4 Å². The molecule has 0 aliphatic carbocycles. The first kappa shape index (κ1) is 10.6. The number of nitrogens with zero attached hydrogens (tertiary/aromatic N) is 1. The van der Waals surface area contributed by atoms with Crippen molar-refractivity contribution in [2.24, 2.45) is 0 Å². The summed E-state index contributed by atoms with van der Waals surface area (Å²) in [5.74, 6) is 0. The van der Waals surface area contributed by atoms with Gasteiger partial charge in [-0.3, -0.25) is 0 Å². The molecular formula is C9H15NO2S. The number of methoxy groups -OCH3 is 1. The Morgan fingerprint density at radius 3 is 3.15 bits per heavy atom. The van der Waals surface area contributed by atoms with Crippen LogP contribution >= 0.6 is 11.3 Å². The van der Waals surface area contributed by atoms with Gasteiger partial charge in [0.1, 0.15) is 0 Å². The van der Waals surface area contributed by atoms with Crippen molar-refractivity contribution in [1.82, 2.24) is 4.98 Å². The SMILES string of the molecule is COCCCC(O)Cc1nccs1. The minimum Gasteiger partial charge on any atom is -0.393 e. The number of aromatic nitrogens is 1. The van der Waals surface area contributed by atoms with Gasteiger partial charge in [-0.15, -0.1) is 11.3 Å². The highest BCUT2D eigenvalue weighted by atomic mass is 32.1. The van der Waals surface area contributed by atoms with Gasteiger partial charge in [0.2, 0.25) is 0 Å². The van der Waals surface area contributed by atoms with Gasteiger partial charge in [0.15, 0.2) is 0 Å². The molecule has 0 spiro atoms. The van der Waals surface area contributed by atoms with Crippen molar-refractivity contribution < 1.29 is 9.84 Å². The van der Waals surface area contributed by atoms with Gasteiger partial charge in [0, 0.05) is 31.7 Å². The highest BCUT2D eigenvalue weighted by Gasteiger charge is 2.06. The second kappa shape index (κ2) is 6.07. The fraction of sp³-hybridized carbons (Fsp3) is 0.667. The number of hydrogen-bond acceptors (Lipinski definition) is 4. The molecule has 0 aliphatic rings. The zero-order valence-electron chi connectivity index (χ0n) is 7.77. The summed E-state index contributed by atoms with van der Waals surface area (Å²) >= 11 is 1.59. The van der Waals surface area contributed by atoms with Crippen LogP contribution in [0.25, 0.3) is 0 Å². The Hall–Kier alpha value is -0.450. The number of hydrogen-bond donors (Lipinski definition) is 1. The van der Waals surface area contributed by atoms with Crippen LogP contribution in [0.2, 0.25) is 0 Å². The van der Waals surface area contributed by atoms with Gasteiger partial charge in [-0.05, 0) is 12.8 Å². The third kappa shape index (κ3) is 4.36. The molecule has 1 unspecified atom stereocenters. The van der Waals surface area contributed by atoms with Gasteiger partial charge in [-0.2, -0.15) is 0 Å². The largest absolute Gasteiger partial charge is 0.393 e. The van der Waals surface area contributed by atoms with E-state index in [4.69, 9.17) is 4.74 Å². The molecular weight excluding hydrogens is 186 g/mol. The van der Waals surface area contributed by atoms with Crippen LogP contribution in [-0.2, 0) is 11.2 Å². The fourth-order valence-corrected chi connectivity index (χ4v) is 1.81. The zero-order chi connectivity index (χ0) is 9.52. The van der Waals surface area contributed by atoms with Gasteiger partial charge >= 0.3 is 0 Å². The molecule has 1 aromatic rings. The predicted octanol–water partition coefficient (Wildman–Crippen LogP) is 1.47. The summed E-state index contributed by atoms with van der Waals surface area (Å²) in [6.45, 7) is 0.717. The van der Waals surface area contributed by atoms with Crippen molar-refractivity contribution in [3.8, 4) is 0 Å². The van der Waals surface area contributed by atoms with Gasteiger partial charge < -0.3 is 9.84 Å². The van der Waals surface area contributed by atoms with Crippen molar-refractivity contribution in [1.29, 1.82) is 0 Å². The lowest BCUT2D eigenvalue weighted by atomic mass is 10.1. The minimum absolute atomic E-state index is 0.277. The van der Waals surface area contributed by atoms with Gasteiger partial charge in [-0.25, -0.2) is 4.98 Å². The van der Waals surface area contributed by atoms with Gasteiger partial charge in [0.05, 0.1) is 11.1 Å². The minimum atomic E-state index is -0.277. The quantitative estimate of drug-likeness (QED) is 0.709. The van der Waals surface area contributed by atoms with Crippen molar-refractivity contribution in [3.63, 3.8) is 0 Å². The van der Waals surface area contributed by atoms with E-state index in [-0.39, 0.29) is 6.10 Å². The predicted molar refractivity (Wildman–Crippen MR) is 52.9 cm³/mol.